The molecule has 0 spiro atoms. The Morgan fingerprint density at radius 1 is 1.24 bits per heavy atom. The average Bonchev–Trinajstić information content (AvgIpc) is 2.90. The van der Waals surface area contributed by atoms with Gasteiger partial charge in [-0.1, -0.05) is 20.8 Å². The van der Waals surface area contributed by atoms with Crippen molar-refractivity contribution < 1.29 is 13.2 Å². The van der Waals surface area contributed by atoms with E-state index in [1.54, 1.807) is 0 Å². The monoisotopic (exact) mass is 262 g/mol. The second-order valence-corrected chi connectivity index (χ2v) is 7.59. The van der Waals surface area contributed by atoms with Crippen LogP contribution in [0.5, 0.6) is 0 Å². The molecule has 17 heavy (non-hydrogen) atoms. The molecule has 1 saturated carbocycles. The second-order valence-electron chi connectivity index (χ2n) is 5.78. The van der Waals surface area contributed by atoms with Crippen molar-refractivity contribution in [1.82, 2.24) is 10.0 Å². The Balaban J connectivity index is 2.18. The van der Waals surface area contributed by atoms with Gasteiger partial charge in [-0.25, -0.2) is 13.1 Å². The normalized spacial score (nSPS) is 16.9. The first-order valence-corrected chi connectivity index (χ1v) is 7.60. The van der Waals surface area contributed by atoms with Crippen LogP contribution in [0.4, 0.5) is 0 Å². The largest absolute Gasteiger partial charge is 0.355 e. The standard InChI is InChI=1S/C11H22N2O3S/c1-11(2,3)8-17(15,16)13-7-6-12-10(14)9-4-5-9/h9,13H,4-8H2,1-3H3,(H,12,14). The fraction of sp³-hybridized carbons (Fsp3) is 0.909. The maximum Gasteiger partial charge on any atom is 0.223 e. The summed E-state index contributed by atoms with van der Waals surface area (Å²) in [5.41, 5.74) is -0.261. The minimum Gasteiger partial charge on any atom is -0.355 e. The van der Waals surface area contributed by atoms with E-state index in [4.69, 9.17) is 0 Å². The number of carbonyl (C=O) groups excluding carboxylic acids is 1. The van der Waals surface area contributed by atoms with Crippen molar-refractivity contribution >= 4 is 15.9 Å². The number of carbonyl (C=O) groups is 1. The van der Waals surface area contributed by atoms with Crippen LogP contribution >= 0.6 is 0 Å². The molecule has 0 atom stereocenters. The first-order chi connectivity index (χ1) is 7.70. The van der Waals surface area contributed by atoms with Gasteiger partial charge in [0.25, 0.3) is 0 Å². The minimum atomic E-state index is -3.24. The Morgan fingerprint density at radius 3 is 2.29 bits per heavy atom. The van der Waals surface area contributed by atoms with Gasteiger partial charge in [-0.3, -0.25) is 4.79 Å². The highest BCUT2D eigenvalue weighted by molar-refractivity contribution is 7.89. The first kappa shape index (κ1) is 14.4. The van der Waals surface area contributed by atoms with Gasteiger partial charge in [0.15, 0.2) is 0 Å². The maximum absolute atomic E-state index is 11.6. The van der Waals surface area contributed by atoms with E-state index in [9.17, 15) is 13.2 Å². The van der Waals surface area contributed by atoms with Crippen LogP contribution in [0.3, 0.4) is 0 Å². The van der Waals surface area contributed by atoms with Crippen LogP contribution in [-0.2, 0) is 14.8 Å². The van der Waals surface area contributed by atoms with Crippen LogP contribution in [0, 0.1) is 11.3 Å². The van der Waals surface area contributed by atoms with Gasteiger partial charge in [0.05, 0.1) is 5.75 Å². The molecule has 0 aromatic heterocycles. The number of amides is 1. The van der Waals surface area contributed by atoms with Crippen LogP contribution in [-0.4, -0.2) is 33.2 Å². The molecule has 1 aliphatic carbocycles. The molecule has 1 rings (SSSR count). The molecule has 0 radical (unpaired) electrons. The molecule has 2 N–H and O–H groups in total. The Morgan fingerprint density at radius 2 is 1.82 bits per heavy atom. The van der Waals surface area contributed by atoms with Gasteiger partial charge in [-0.05, 0) is 18.3 Å². The van der Waals surface area contributed by atoms with Gasteiger partial charge in [-0.15, -0.1) is 0 Å². The quantitative estimate of drug-likeness (QED) is 0.684. The Bertz CT molecular complexity index is 367. The molecule has 0 unspecified atom stereocenters. The lowest BCUT2D eigenvalue weighted by molar-refractivity contribution is -0.122. The van der Waals surface area contributed by atoms with Crippen LogP contribution in [0.15, 0.2) is 0 Å². The zero-order valence-electron chi connectivity index (χ0n) is 10.7. The molecule has 0 bridgehead atoms. The molecule has 5 nitrogen and oxygen atoms in total. The summed E-state index contributed by atoms with van der Waals surface area (Å²) in [7, 11) is -3.24. The molecule has 1 amide bonds. The summed E-state index contributed by atoms with van der Waals surface area (Å²) in [5.74, 6) is 0.303. The Labute approximate surface area is 103 Å². The highest BCUT2D eigenvalue weighted by Crippen LogP contribution is 2.28. The first-order valence-electron chi connectivity index (χ1n) is 5.95. The van der Waals surface area contributed by atoms with Crippen molar-refractivity contribution in [1.29, 1.82) is 0 Å². The Hall–Kier alpha value is -0.620. The van der Waals surface area contributed by atoms with Gasteiger partial charge in [0.2, 0.25) is 15.9 Å². The van der Waals surface area contributed by atoms with Crippen LogP contribution in [0.25, 0.3) is 0 Å². The highest BCUT2D eigenvalue weighted by Gasteiger charge is 2.29. The van der Waals surface area contributed by atoms with Crippen molar-refractivity contribution in [2.24, 2.45) is 11.3 Å². The van der Waals surface area contributed by atoms with E-state index in [1.807, 2.05) is 20.8 Å². The van der Waals surface area contributed by atoms with E-state index >= 15 is 0 Å². The lowest BCUT2D eigenvalue weighted by atomic mass is 10.0. The molecule has 1 fully saturated rings. The number of hydrogen-bond donors (Lipinski definition) is 2. The summed E-state index contributed by atoms with van der Waals surface area (Å²) in [6, 6.07) is 0. The molecule has 1 aliphatic rings. The van der Waals surface area contributed by atoms with Gasteiger partial charge in [-0.2, -0.15) is 0 Å². The molecule has 0 heterocycles. The third-order valence-corrected chi connectivity index (χ3v) is 4.21. The summed E-state index contributed by atoms with van der Waals surface area (Å²) in [6.45, 7) is 6.25. The van der Waals surface area contributed by atoms with E-state index in [-0.39, 0.29) is 29.5 Å². The number of hydrogen-bond acceptors (Lipinski definition) is 3. The molecule has 0 saturated heterocycles. The van der Waals surface area contributed by atoms with Crippen molar-refractivity contribution in [3.05, 3.63) is 0 Å². The van der Waals surface area contributed by atoms with Gasteiger partial charge in [0.1, 0.15) is 0 Å². The van der Waals surface area contributed by atoms with E-state index in [0.29, 0.717) is 6.54 Å². The van der Waals surface area contributed by atoms with E-state index in [1.165, 1.54) is 0 Å². The van der Waals surface area contributed by atoms with E-state index in [0.717, 1.165) is 12.8 Å². The predicted octanol–water partition coefficient (Wildman–Crippen LogP) is 0.478. The van der Waals surface area contributed by atoms with Crippen molar-refractivity contribution in [3.63, 3.8) is 0 Å². The minimum absolute atomic E-state index is 0.0417. The average molecular weight is 262 g/mol. The molecule has 0 aromatic rings. The van der Waals surface area contributed by atoms with Crippen molar-refractivity contribution in [3.8, 4) is 0 Å². The van der Waals surface area contributed by atoms with E-state index < -0.39 is 10.0 Å². The third kappa shape index (κ3) is 6.63. The fourth-order valence-corrected chi connectivity index (χ4v) is 3.16. The third-order valence-electron chi connectivity index (χ3n) is 2.32. The molecular formula is C11H22N2O3S. The molecule has 0 aliphatic heterocycles. The summed E-state index contributed by atoms with van der Waals surface area (Å²) in [5, 5.41) is 2.71. The molecule has 100 valence electrons. The van der Waals surface area contributed by atoms with Crippen LogP contribution < -0.4 is 10.0 Å². The van der Waals surface area contributed by atoms with Gasteiger partial charge < -0.3 is 5.32 Å². The lowest BCUT2D eigenvalue weighted by Crippen LogP contribution is -2.38. The lowest BCUT2D eigenvalue weighted by Gasteiger charge is -2.18. The molecular weight excluding hydrogens is 240 g/mol. The molecule has 0 aromatic carbocycles. The summed E-state index contributed by atoms with van der Waals surface area (Å²) < 4.78 is 25.7. The smallest absolute Gasteiger partial charge is 0.223 e. The van der Waals surface area contributed by atoms with Gasteiger partial charge in [0, 0.05) is 19.0 Å². The topological polar surface area (TPSA) is 75.3 Å². The van der Waals surface area contributed by atoms with Crippen LogP contribution in [0.2, 0.25) is 0 Å². The van der Waals surface area contributed by atoms with E-state index in [2.05, 4.69) is 10.0 Å². The zero-order valence-corrected chi connectivity index (χ0v) is 11.6. The summed E-state index contributed by atoms with van der Waals surface area (Å²) >= 11 is 0. The van der Waals surface area contributed by atoms with Crippen LogP contribution in [0.1, 0.15) is 33.6 Å². The summed E-state index contributed by atoms with van der Waals surface area (Å²) in [4.78, 5) is 11.3. The van der Waals surface area contributed by atoms with Gasteiger partial charge >= 0.3 is 0 Å². The maximum atomic E-state index is 11.6. The number of rotatable bonds is 6. The molecule has 6 heteroatoms. The second kappa shape index (κ2) is 5.35. The number of nitrogens with one attached hydrogen (secondary N) is 2. The predicted molar refractivity (Wildman–Crippen MR) is 67.0 cm³/mol. The van der Waals surface area contributed by atoms with Crippen molar-refractivity contribution in [2.75, 3.05) is 18.8 Å². The highest BCUT2D eigenvalue weighted by atomic mass is 32.2. The fourth-order valence-electron chi connectivity index (χ4n) is 1.50. The zero-order chi connectivity index (χ0) is 13.1. The number of sulfonamides is 1. The Kier molecular flexibility index (Phi) is 4.55. The SMILES string of the molecule is CC(C)(C)CS(=O)(=O)NCCNC(=O)C1CC1. The van der Waals surface area contributed by atoms with Crippen molar-refractivity contribution in [2.45, 2.75) is 33.6 Å². The summed E-state index contributed by atoms with van der Waals surface area (Å²) in [6.07, 6.45) is 1.92.